The first-order valence-corrected chi connectivity index (χ1v) is 9.09. The van der Waals surface area contributed by atoms with Crippen molar-refractivity contribution in [3.8, 4) is 5.69 Å². The van der Waals surface area contributed by atoms with Gasteiger partial charge < -0.3 is 15.8 Å². The molecule has 3 N–H and O–H groups in total. The molecule has 1 unspecified atom stereocenters. The Morgan fingerprint density at radius 1 is 1.33 bits per heavy atom. The number of anilines is 1. The van der Waals surface area contributed by atoms with Gasteiger partial charge in [-0.15, -0.1) is 0 Å². The van der Waals surface area contributed by atoms with Crippen LogP contribution in [0.25, 0.3) is 5.69 Å². The second kappa shape index (κ2) is 8.22. The number of hydrogen-bond acceptors (Lipinski definition) is 6. The van der Waals surface area contributed by atoms with Crippen LogP contribution in [-0.2, 0) is 4.74 Å². The molecule has 0 bridgehead atoms. The fourth-order valence-corrected chi connectivity index (χ4v) is 3.44. The maximum Gasteiger partial charge on any atom is 0.343 e. The molecule has 1 saturated heterocycles. The number of nitrogens with one attached hydrogen (secondary N) is 1. The fraction of sp³-hybridized carbons (Fsp3) is 0.421. The zero-order valence-corrected chi connectivity index (χ0v) is 15.6. The summed E-state index contributed by atoms with van der Waals surface area (Å²) in [5, 5.41) is 7.13. The number of nitrogens with zero attached hydrogens (tertiary/aromatic N) is 3. The quantitative estimate of drug-likeness (QED) is 0.745. The van der Waals surface area contributed by atoms with Gasteiger partial charge in [0, 0.05) is 18.2 Å². The monoisotopic (exact) mass is 371 g/mol. The molecule has 8 nitrogen and oxygen atoms in total. The summed E-state index contributed by atoms with van der Waals surface area (Å²) in [4.78, 5) is 26.4. The molecule has 0 aliphatic carbocycles. The normalized spacial score (nSPS) is 17.0. The maximum absolute atomic E-state index is 12.4. The molecular weight excluding hydrogens is 346 g/mol. The van der Waals surface area contributed by atoms with Gasteiger partial charge in [-0.1, -0.05) is 6.92 Å². The third kappa shape index (κ3) is 3.95. The van der Waals surface area contributed by atoms with E-state index in [4.69, 9.17) is 5.73 Å². The van der Waals surface area contributed by atoms with Crippen molar-refractivity contribution in [1.82, 2.24) is 20.0 Å². The van der Waals surface area contributed by atoms with Crippen molar-refractivity contribution >= 4 is 17.7 Å². The Morgan fingerprint density at radius 3 is 2.74 bits per heavy atom. The van der Waals surface area contributed by atoms with E-state index >= 15 is 0 Å². The largest absolute Gasteiger partial charge is 0.465 e. The lowest BCUT2D eigenvalue weighted by atomic mass is 10.1. The molecule has 1 fully saturated rings. The highest BCUT2D eigenvalue weighted by Crippen LogP contribution is 2.19. The van der Waals surface area contributed by atoms with Crippen LogP contribution in [0.15, 0.2) is 30.5 Å². The SMILES string of the molecule is CCN1CCCC1CNC(=O)c1ccc(-n2ncc(C(=O)OC)c2N)cc1. The van der Waals surface area contributed by atoms with E-state index in [9.17, 15) is 9.59 Å². The molecule has 1 aromatic heterocycles. The van der Waals surface area contributed by atoms with Crippen molar-refractivity contribution in [1.29, 1.82) is 0 Å². The topological polar surface area (TPSA) is 102 Å². The molecule has 144 valence electrons. The Labute approximate surface area is 158 Å². The summed E-state index contributed by atoms with van der Waals surface area (Å²) in [6.45, 7) is 4.91. The Balaban J connectivity index is 1.66. The van der Waals surface area contributed by atoms with Crippen LogP contribution in [0.5, 0.6) is 0 Å². The van der Waals surface area contributed by atoms with Crippen molar-refractivity contribution in [3.05, 3.63) is 41.6 Å². The van der Waals surface area contributed by atoms with Gasteiger partial charge in [-0.3, -0.25) is 9.69 Å². The number of hydrogen-bond donors (Lipinski definition) is 2. The number of ether oxygens (including phenoxy) is 1. The van der Waals surface area contributed by atoms with Crippen LogP contribution >= 0.6 is 0 Å². The summed E-state index contributed by atoms with van der Waals surface area (Å²) in [6, 6.07) is 7.34. The van der Waals surface area contributed by atoms with Crippen LogP contribution in [0.4, 0.5) is 5.82 Å². The van der Waals surface area contributed by atoms with Crippen LogP contribution < -0.4 is 11.1 Å². The first-order valence-electron chi connectivity index (χ1n) is 9.09. The fourth-order valence-electron chi connectivity index (χ4n) is 3.44. The number of nitrogens with two attached hydrogens (primary N) is 1. The van der Waals surface area contributed by atoms with Gasteiger partial charge in [0.2, 0.25) is 0 Å². The number of rotatable bonds is 6. The molecule has 3 rings (SSSR count). The molecule has 0 radical (unpaired) electrons. The Morgan fingerprint density at radius 2 is 2.07 bits per heavy atom. The first-order chi connectivity index (χ1) is 13.0. The average molecular weight is 371 g/mol. The van der Waals surface area contributed by atoms with Crippen molar-refractivity contribution in [2.75, 3.05) is 32.5 Å². The third-order valence-corrected chi connectivity index (χ3v) is 4.99. The average Bonchev–Trinajstić information content (AvgIpc) is 3.31. The molecule has 1 amide bonds. The second-order valence-corrected chi connectivity index (χ2v) is 6.53. The first kappa shape index (κ1) is 18.9. The predicted molar refractivity (Wildman–Crippen MR) is 102 cm³/mol. The summed E-state index contributed by atoms with van der Waals surface area (Å²) < 4.78 is 6.11. The minimum Gasteiger partial charge on any atom is -0.465 e. The van der Waals surface area contributed by atoms with E-state index in [1.54, 1.807) is 24.3 Å². The van der Waals surface area contributed by atoms with Gasteiger partial charge in [0.05, 0.1) is 19.0 Å². The number of benzene rings is 1. The number of likely N-dealkylation sites (tertiary alicyclic amines) is 1. The van der Waals surface area contributed by atoms with Crippen molar-refractivity contribution in [2.45, 2.75) is 25.8 Å². The van der Waals surface area contributed by atoms with Crippen LogP contribution in [0.2, 0.25) is 0 Å². The molecular formula is C19H25N5O3. The van der Waals surface area contributed by atoms with Gasteiger partial charge in [-0.2, -0.15) is 5.10 Å². The van der Waals surface area contributed by atoms with Crippen molar-refractivity contribution < 1.29 is 14.3 Å². The number of aromatic nitrogens is 2. The van der Waals surface area contributed by atoms with E-state index in [-0.39, 0.29) is 17.3 Å². The minimum atomic E-state index is -0.539. The van der Waals surface area contributed by atoms with E-state index < -0.39 is 5.97 Å². The summed E-state index contributed by atoms with van der Waals surface area (Å²) in [5.41, 5.74) is 7.40. The Kier molecular flexibility index (Phi) is 5.75. The van der Waals surface area contributed by atoms with Gasteiger partial charge >= 0.3 is 5.97 Å². The smallest absolute Gasteiger partial charge is 0.343 e. The number of carbonyl (C=O) groups is 2. The van der Waals surface area contributed by atoms with E-state index in [0.717, 1.165) is 19.5 Å². The van der Waals surface area contributed by atoms with Crippen molar-refractivity contribution in [2.24, 2.45) is 0 Å². The van der Waals surface area contributed by atoms with Crippen LogP contribution in [0.3, 0.4) is 0 Å². The van der Waals surface area contributed by atoms with Crippen molar-refractivity contribution in [3.63, 3.8) is 0 Å². The predicted octanol–water partition coefficient (Wildman–Crippen LogP) is 1.46. The van der Waals surface area contributed by atoms with E-state index in [2.05, 4.69) is 27.0 Å². The molecule has 8 heteroatoms. The van der Waals surface area contributed by atoms with Gasteiger partial charge in [-0.05, 0) is 50.2 Å². The lowest BCUT2D eigenvalue weighted by Gasteiger charge is -2.22. The highest BCUT2D eigenvalue weighted by molar-refractivity contribution is 5.95. The zero-order valence-electron chi connectivity index (χ0n) is 15.6. The van der Waals surface area contributed by atoms with Crippen LogP contribution in [-0.4, -0.2) is 59.3 Å². The number of esters is 1. The van der Waals surface area contributed by atoms with Crippen LogP contribution in [0.1, 0.15) is 40.5 Å². The summed E-state index contributed by atoms with van der Waals surface area (Å²) in [7, 11) is 1.29. The van der Waals surface area contributed by atoms with E-state index in [1.165, 1.54) is 24.4 Å². The summed E-state index contributed by atoms with van der Waals surface area (Å²) >= 11 is 0. The summed E-state index contributed by atoms with van der Waals surface area (Å²) in [6.07, 6.45) is 3.67. The van der Waals surface area contributed by atoms with Gasteiger partial charge in [0.25, 0.3) is 5.91 Å². The molecule has 1 aromatic carbocycles. The van der Waals surface area contributed by atoms with Gasteiger partial charge in [0.15, 0.2) is 0 Å². The minimum absolute atomic E-state index is 0.104. The highest BCUT2D eigenvalue weighted by atomic mass is 16.5. The number of amides is 1. The Hall–Kier alpha value is -2.87. The summed E-state index contributed by atoms with van der Waals surface area (Å²) in [5.74, 6) is -0.448. The second-order valence-electron chi connectivity index (χ2n) is 6.53. The number of carbonyl (C=O) groups excluding carboxylic acids is 2. The molecule has 0 saturated carbocycles. The number of likely N-dealkylation sites (N-methyl/N-ethyl adjacent to an activating group) is 1. The van der Waals surface area contributed by atoms with E-state index in [0.29, 0.717) is 23.8 Å². The number of methoxy groups -OCH3 is 1. The molecule has 1 atom stereocenters. The van der Waals surface area contributed by atoms with Gasteiger partial charge in [0.1, 0.15) is 11.4 Å². The molecule has 27 heavy (non-hydrogen) atoms. The zero-order chi connectivity index (χ0) is 19.4. The maximum atomic E-state index is 12.4. The lowest BCUT2D eigenvalue weighted by Crippen LogP contribution is -2.40. The van der Waals surface area contributed by atoms with E-state index in [1.807, 2.05) is 0 Å². The standard InChI is InChI=1S/C19H25N5O3/c1-3-23-10-4-5-15(23)11-21-18(25)13-6-8-14(9-7-13)24-17(20)16(12-22-24)19(26)27-2/h6-9,12,15H,3-5,10-11,20H2,1-2H3,(H,21,25). The third-order valence-electron chi connectivity index (χ3n) is 4.99. The molecule has 2 heterocycles. The number of nitrogen functional groups attached to an aromatic ring is 1. The van der Waals surface area contributed by atoms with Gasteiger partial charge in [-0.25, -0.2) is 9.48 Å². The molecule has 1 aliphatic heterocycles. The van der Waals surface area contributed by atoms with Crippen LogP contribution in [0, 0.1) is 0 Å². The molecule has 0 spiro atoms. The highest BCUT2D eigenvalue weighted by Gasteiger charge is 2.23. The lowest BCUT2D eigenvalue weighted by molar-refractivity contribution is 0.0601. The molecule has 1 aliphatic rings. The Bertz CT molecular complexity index is 815. The molecule has 2 aromatic rings.